The van der Waals surface area contributed by atoms with Crippen LogP contribution in [-0.2, 0) is 17.1 Å². The molecule has 0 aromatic carbocycles. The van der Waals surface area contributed by atoms with Crippen LogP contribution in [0.5, 0.6) is 0 Å². The SMILES string of the molecule is O=C(Cc1nc(CCl)cs1)NCC1CSCCS1. The third-order valence-electron chi connectivity index (χ3n) is 2.46. The van der Waals surface area contributed by atoms with Crippen molar-refractivity contribution in [2.75, 3.05) is 23.8 Å². The zero-order chi connectivity index (χ0) is 12.8. The highest BCUT2D eigenvalue weighted by molar-refractivity contribution is 8.06. The van der Waals surface area contributed by atoms with E-state index in [9.17, 15) is 4.79 Å². The lowest BCUT2D eigenvalue weighted by Gasteiger charge is -2.20. The molecule has 1 atom stereocenters. The van der Waals surface area contributed by atoms with E-state index in [1.165, 1.54) is 22.8 Å². The Balaban J connectivity index is 1.71. The molecule has 0 saturated carbocycles. The zero-order valence-corrected chi connectivity index (χ0v) is 13.1. The third kappa shape index (κ3) is 4.64. The number of carbonyl (C=O) groups is 1. The first-order valence-corrected chi connectivity index (χ1v) is 9.35. The van der Waals surface area contributed by atoms with Gasteiger partial charge in [-0.1, -0.05) is 0 Å². The number of alkyl halides is 1. The van der Waals surface area contributed by atoms with Crippen LogP contribution in [0.3, 0.4) is 0 Å². The molecule has 1 unspecified atom stereocenters. The highest BCUT2D eigenvalue weighted by atomic mass is 35.5. The molecule has 1 saturated heterocycles. The normalized spacial score (nSPS) is 19.7. The van der Waals surface area contributed by atoms with Gasteiger partial charge in [-0.3, -0.25) is 4.79 Å². The largest absolute Gasteiger partial charge is 0.355 e. The van der Waals surface area contributed by atoms with Crippen LogP contribution in [-0.4, -0.2) is 39.9 Å². The van der Waals surface area contributed by atoms with E-state index in [1.54, 1.807) is 0 Å². The average molecular weight is 323 g/mol. The number of halogens is 1. The van der Waals surface area contributed by atoms with Crippen molar-refractivity contribution in [1.29, 1.82) is 0 Å². The molecule has 2 heterocycles. The summed E-state index contributed by atoms with van der Waals surface area (Å²) in [5.41, 5.74) is 0.851. The van der Waals surface area contributed by atoms with Gasteiger partial charge < -0.3 is 5.32 Å². The van der Waals surface area contributed by atoms with Gasteiger partial charge in [-0.25, -0.2) is 4.98 Å². The van der Waals surface area contributed by atoms with Crippen molar-refractivity contribution >= 4 is 52.4 Å². The number of nitrogens with zero attached hydrogens (tertiary/aromatic N) is 1. The number of hydrogen-bond donors (Lipinski definition) is 1. The van der Waals surface area contributed by atoms with Crippen LogP contribution in [0.15, 0.2) is 5.38 Å². The van der Waals surface area contributed by atoms with Crippen molar-refractivity contribution in [1.82, 2.24) is 10.3 Å². The molecule has 1 aromatic heterocycles. The van der Waals surface area contributed by atoms with E-state index in [2.05, 4.69) is 10.3 Å². The average Bonchev–Trinajstić information content (AvgIpc) is 2.85. The summed E-state index contributed by atoms with van der Waals surface area (Å²) >= 11 is 11.1. The Morgan fingerprint density at radius 2 is 2.44 bits per heavy atom. The fraction of sp³-hybridized carbons (Fsp3) is 0.636. The Kier molecular flexibility index (Phi) is 6.14. The maximum atomic E-state index is 11.8. The van der Waals surface area contributed by atoms with Crippen molar-refractivity contribution in [3.63, 3.8) is 0 Å². The summed E-state index contributed by atoms with van der Waals surface area (Å²) in [6.45, 7) is 0.768. The quantitative estimate of drug-likeness (QED) is 0.845. The number of carbonyl (C=O) groups excluding carboxylic acids is 1. The van der Waals surface area contributed by atoms with Gasteiger partial charge in [0.2, 0.25) is 5.91 Å². The number of aromatic nitrogens is 1. The summed E-state index contributed by atoms with van der Waals surface area (Å²) in [6.07, 6.45) is 0.367. The Morgan fingerprint density at radius 3 is 3.11 bits per heavy atom. The van der Waals surface area contributed by atoms with Crippen LogP contribution < -0.4 is 5.32 Å². The molecule has 1 aliphatic rings. The lowest BCUT2D eigenvalue weighted by atomic mass is 10.4. The number of nitrogens with one attached hydrogen (secondary N) is 1. The lowest BCUT2D eigenvalue weighted by Crippen LogP contribution is -2.34. The number of amides is 1. The highest BCUT2D eigenvalue weighted by Crippen LogP contribution is 2.23. The maximum Gasteiger partial charge on any atom is 0.226 e. The molecular weight excluding hydrogens is 308 g/mol. The van der Waals surface area contributed by atoms with Crippen LogP contribution in [0.2, 0.25) is 0 Å². The number of hydrogen-bond acceptors (Lipinski definition) is 5. The summed E-state index contributed by atoms with van der Waals surface area (Å²) in [5.74, 6) is 4.03. The Morgan fingerprint density at radius 1 is 1.56 bits per heavy atom. The van der Waals surface area contributed by atoms with Gasteiger partial charge in [0.15, 0.2) is 0 Å². The predicted molar refractivity (Wildman–Crippen MR) is 82.0 cm³/mol. The molecule has 2 rings (SSSR count). The molecule has 1 aromatic rings. The smallest absolute Gasteiger partial charge is 0.226 e. The molecule has 18 heavy (non-hydrogen) atoms. The number of thiazole rings is 1. The fourth-order valence-electron chi connectivity index (χ4n) is 1.57. The second-order valence-electron chi connectivity index (χ2n) is 3.91. The van der Waals surface area contributed by atoms with Crippen molar-refractivity contribution in [3.8, 4) is 0 Å². The standard InChI is InChI=1S/C11H15ClN2OS3/c12-4-8-6-18-11(14-8)3-10(15)13-5-9-7-16-1-2-17-9/h6,9H,1-5,7H2,(H,13,15). The van der Waals surface area contributed by atoms with Gasteiger partial charge in [0.05, 0.1) is 18.0 Å². The summed E-state index contributed by atoms with van der Waals surface area (Å²) in [5, 5.41) is 6.29. The van der Waals surface area contributed by atoms with E-state index >= 15 is 0 Å². The first-order chi connectivity index (χ1) is 8.78. The van der Waals surface area contributed by atoms with Crippen molar-refractivity contribution in [3.05, 3.63) is 16.1 Å². The zero-order valence-electron chi connectivity index (χ0n) is 9.86. The molecule has 0 radical (unpaired) electrons. The Labute approximate surface area is 124 Å². The van der Waals surface area contributed by atoms with Gasteiger partial charge in [-0.15, -0.1) is 22.9 Å². The van der Waals surface area contributed by atoms with Crippen LogP contribution >= 0.6 is 46.5 Å². The molecule has 1 amide bonds. The fourth-order valence-corrected chi connectivity index (χ4v) is 5.21. The summed E-state index contributed by atoms with van der Waals surface area (Å²) in [6, 6.07) is 0. The van der Waals surface area contributed by atoms with E-state index in [4.69, 9.17) is 11.6 Å². The van der Waals surface area contributed by atoms with E-state index in [1.807, 2.05) is 28.9 Å². The van der Waals surface area contributed by atoms with Crippen LogP contribution in [0, 0.1) is 0 Å². The van der Waals surface area contributed by atoms with Gasteiger partial charge in [0.25, 0.3) is 0 Å². The van der Waals surface area contributed by atoms with Crippen LogP contribution in [0.25, 0.3) is 0 Å². The highest BCUT2D eigenvalue weighted by Gasteiger charge is 2.15. The minimum absolute atomic E-state index is 0.0571. The Bertz CT molecular complexity index is 393. The summed E-state index contributed by atoms with van der Waals surface area (Å²) in [4.78, 5) is 16.0. The molecule has 1 N–H and O–H groups in total. The maximum absolute atomic E-state index is 11.8. The van der Waals surface area contributed by atoms with Gasteiger partial charge in [0, 0.05) is 34.4 Å². The number of rotatable bonds is 5. The molecule has 0 aliphatic carbocycles. The lowest BCUT2D eigenvalue weighted by molar-refractivity contribution is -0.120. The molecule has 1 aliphatic heterocycles. The first kappa shape index (κ1) is 14.5. The van der Waals surface area contributed by atoms with Gasteiger partial charge in [-0.2, -0.15) is 23.5 Å². The molecule has 100 valence electrons. The van der Waals surface area contributed by atoms with E-state index < -0.39 is 0 Å². The molecule has 7 heteroatoms. The second-order valence-corrected chi connectivity index (χ2v) is 7.68. The first-order valence-electron chi connectivity index (χ1n) is 5.73. The molecule has 0 spiro atoms. The minimum atomic E-state index is 0.0571. The van der Waals surface area contributed by atoms with Crippen molar-refractivity contribution in [2.24, 2.45) is 0 Å². The second kappa shape index (κ2) is 7.62. The molecule has 3 nitrogen and oxygen atoms in total. The topological polar surface area (TPSA) is 42.0 Å². The van der Waals surface area contributed by atoms with Gasteiger partial charge in [-0.05, 0) is 0 Å². The Hall–Kier alpha value is 0.0900. The minimum Gasteiger partial charge on any atom is -0.355 e. The molecule has 1 fully saturated rings. The van der Waals surface area contributed by atoms with Crippen molar-refractivity contribution in [2.45, 2.75) is 17.6 Å². The summed E-state index contributed by atoms with van der Waals surface area (Å²) in [7, 11) is 0. The van der Waals surface area contributed by atoms with E-state index in [0.29, 0.717) is 17.6 Å². The molecule has 0 bridgehead atoms. The van der Waals surface area contributed by atoms with Crippen LogP contribution in [0.1, 0.15) is 10.7 Å². The van der Waals surface area contributed by atoms with Crippen molar-refractivity contribution < 1.29 is 4.79 Å². The predicted octanol–water partition coefficient (Wildman–Crippen LogP) is 2.39. The monoisotopic (exact) mass is 322 g/mol. The third-order valence-corrected chi connectivity index (χ3v) is 6.48. The number of thioether (sulfide) groups is 2. The van der Waals surface area contributed by atoms with E-state index in [-0.39, 0.29) is 5.91 Å². The van der Waals surface area contributed by atoms with E-state index in [0.717, 1.165) is 23.0 Å². The van der Waals surface area contributed by atoms with Gasteiger partial charge in [0.1, 0.15) is 5.01 Å². The molecular formula is C11H15ClN2OS3. The van der Waals surface area contributed by atoms with Gasteiger partial charge >= 0.3 is 0 Å². The van der Waals surface area contributed by atoms with Crippen LogP contribution in [0.4, 0.5) is 0 Å². The summed E-state index contributed by atoms with van der Waals surface area (Å²) < 4.78 is 0.